The normalized spacial score (nSPS) is 3.25. The van der Waals surface area contributed by atoms with E-state index in [4.69, 9.17) is 4.79 Å². The maximum atomic E-state index is 8.81. The van der Waals surface area contributed by atoms with Gasteiger partial charge in [0.15, 0.2) is 0 Å². The van der Waals surface area contributed by atoms with E-state index in [-0.39, 0.29) is 5.48 Å². The van der Waals surface area contributed by atoms with Crippen LogP contribution in [-0.2, 0) is 10.3 Å². The molecule has 2 heteroatoms. The van der Waals surface area contributed by atoms with E-state index in [2.05, 4.69) is 0 Å². The Hall–Kier alpha value is -0.370. The molecule has 0 amide bonds. The first-order valence-electron chi connectivity index (χ1n) is 0.813. The van der Waals surface area contributed by atoms with Crippen LogP contribution in [0.4, 0.5) is 0 Å². The Labute approximate surface area is 24.7 Å². The van der Waals surface area contributed by atoms with Crippen LogP contribution in [0.3, 0.4) is 0 Å². The van der Waals surface area contributed by atoms with E-state index < -0.39 is 0 Å². The van der Waals surface area contributed by atoms with Crippen molar-refractivity contribution in [1.29, 1.82) is 0 Å². The molecule has 4 heavy (non-hydrogen) atoms. The minimum Gasteiger partial charge on any atom is -0.304 e. The molecule has 0 aromatic rings. The first-order valence-corrected chi connectivity index (χ1v) is 0.813. The summed E-state index contributed by atoms with van der Waals surface area (Å²) in [7, 11) is 0. The highest BCUT2D eigenvalue weighted by atomic mass is 16.1. The lowest BCUT2D eigenvalue weighted by molar-refractivity contribution is -0.106. The van der Waals surface area contributed by atoms with Gasteiger partial charge in [-0.15, -0.1) is 0 Å². The summed E-state index contributed by atoms with van der Waals surface area (Å²) in [5, 5.41) is 0. The summed E-state index contributed by atoms with van der Waals surface area (Å²) in [6.07, 6.45) is 0.750. The number of hydrogen-bond acceptors (Lipinski definition) is 1. The van der Waals surface area contributed by atoms with E-state index in [0.717, 1.165) is 6.29 Å². The van der Waals surface area contributed by atoms with Gasteiger partial charge in [-0.2, -0.15) is 0 Å². The summed E-state index contributed by atoms with van der Waals surface area (Å²) >= 11 is 0. The third-order valence-corrected chi connectivity index (χ3v) is 0. The van der Waals surface area contributed by atoms with Crippen molar-refractivity contribution < 1.29 is 10.3 Å². The highest BCUT2D eigenvalue weighted by molar-refractivity contribution is 5.44. The van der Waals surface area contributed by atoms with Crippen molar-refractivity contribution in [3.8, 4) is 0 Å². The van der Waals surface area contributed by atoms with Crippen molar-refractivity contribution in [2.24, 2.45) is 0 Å². The van der Waals surface area contributed by atoms with Crippen LogP contribution in [-0.4, -0.2) is 6.29 Å². The maximum Gasteiger partial charge on any atom is 0.116 e. The predicted octanol–water partition coefficient (Wildman–Crippen LogP) is 0.0864. The van der Waals surface area contributed by atoms with E-state index in [9.17, 15) is 0 Å². The molecule has 2 nitrogen and oxygen atoms in total. The fourth-order valence-electron chi connectivity index (χ4n) is 0. The first kappa shape index (κ1) is 9.45. The molecule has 0 spiro atoms. The SMILES string of the molecule is CC=O.[O]. The van der Waals surface area contributed by atoms with Gasteiger partial charge in [0, 0.05) is 5.48 Å². The molecule has 0 saturated heterocycles. The van der Waals surface area contributed by atoms with E-state index in [1.165, 1.54) is 6.92 Å². The van der Waals surface area contributed by atoms with E-state index in [0.29, 0.717) is 0 Å². The van der Waals surface area contributed by atoms with Crippen LogP contribution in [0.2, 0.25) is 0 Å². The zero-order valence-corrected chi connectivity index (χ0v) is 2.39. The van der Waals surface area contributed by atoms with Crippen molar-refractivity contribution in [1.82, 2.24) is 0 Å². The van der Waals surface area contributed by atoms with Gasteiger partial charge in [-0.25, -0.2) is 0 Å². The molecule has 24 valence electrons. The van der Waals surface area contributed by atoms with Gasteiger partial charge in [0.25, 0.3) is 0 Å². The molecule has 0 aliphatic rings. The topological polar surface area (TPSA) is 45.6 Å². The second-order valence-corrected chi connectivity index (χ2v) is 0.236. The zero-order chi connectivity index (χ0) is 2.71. The summed E-state index contributed by atoms with van der Waals surface area (Å²) in [4.78, 5) is 8.81. The van der Waals surface area contributed by atoms with Crippen LogP contribution < -0.4 is 0 Å². The molecular formula is C2H4O2. The molecular weight excluding hydrogens is 56.0 g/mol. The summed E-state index contributed by atoms with van der Waals surface area (Å²) in [6.45, 7) is 1.44. The van der Waals surface area contributed by atoms with Gasteiger partial charge >= 0.3 is 0 Å². The summed E-state index contributed by atoms with van der Waals surface area (Å²) < 4.78 is 0. The highest BCUT2D eigenvalue weighted by Crippen LogP contribution is 1.13. The summed E-state index contributed by atoms with van der Waals surface area (Å²) in [5.74, 6) is 0. The largest absolute Gasteiger partial charge is 0.304 e. The number of carbonyl (C=O) groups is 1. The van der Waals surface area contributed by atoms with Crippen LogP contribution >= 0.6 is 0 Å². The average Bonchev–Trinajstić information content (AvgIpc) is 0.918. The second-order valence-electron chi connectivity index (χ2n) is 0.236. The molecule has 0 aromatic heterocycles. The van der Waals surface area contributed by atoms with Crippen molar-refractivity contribution in [3.05, 3.63) is 0 Å². The Morgan fingerprint density at radius 3 is 1.75 bits per heavy atom. The smallest absolute Gasteiger partial charge is 0.116 e. The standard InChI is InChI=1S/C2H4O.O/c1-2-3;/h2H,1H3;. The van der Waals surface area contributed by atoms with E-state index >= 15 is 0 Å². The Morgan fingerprint density at radius 1 is 1.75 bits per heavy atom. The number of aldehydes is 1. The Kier molecular flexibility index (Phi) is 41.6. The third kappa shape index (κ3) is 4.73. The molecule has 0 fully saturated rings. The lowest BCUT2D eigenvalue weighted by Gasteiger charge is -1.23. The zero-order valence-electron chi connectivity index (χ0n) is 2.39. The van der Waals surface area contributed by atoms with Gasteiger partial charge in [-0.3, -0.25) is 0 Å². The minimum atomic E-state index is 0. The molecule has 0 unspecified atom stereocenters. The maximum absolute atomic E-state index is 8.81. The molecule has 0 heterocycles. The average molecular weight is 60.1 g/mol. The first-order chi connectivity index (χ1) is 1.41. The van der Waals surface area contributed by atoms with Crippen molar-refractivity contribution >= 4 is 6.29 Å². The van der Waals surface area contributed by atoms with Gasteiger partial charge in [0.1, 0.15) is 6.29 Å². The number of hydrogen-bond donors (Lipinski definition) is 0. The van der Waals surface area contributed by atoms with Crippen molar-refractivity contribution in [3.63, 3.8) is 0 Å². The Balaban J connectivity index is 0. The summed E-state index contributed by atoms with van der Waals surface area (Å²) in [5.41, 5.74) is 0. The summed E-state index contributed by atoms with van der Waals surface area (Å²) in [6, 6.07) is 0. The van der Waals surface area contributed by atoms with Gasteiger partial charge in [0.05, 0.1) is 0 Å². The molecule has 0 bridgehead atoms. The van der Waals surface area contributed by atoms with E-state index in [1.54, 1.807) is 0 Å². The van der Waals surface area contributed by atoms with Crippen LogP contribution in [0, 0.1) is 0 Å². The number of carbonyl (C=O) groups excluding carboxylic acids is 1. The molecule has 2 radical (unpaired) electrons. The lowest BCUT2D eigenvalue weighted by atomic mass is 11.0. The van der Waals surface area contributed by atoms with Crippen LogP contribution in [0.1, 0.15) is 6.92 Å². The van der Waals surface area contributed by atoms with Gasteiger partial charge in [0.2, 0.25) is 0 Å². The predicted molar refractivity (Wildman–Crippen MR) is 12.4 cm³/mol. The van der Waals surface area contributed by atoms with Crippen LogP contribution in [0.15, 0.2) is 0 Å². The second kappa shape index (κ2) is 17.6. The molecule has 0 saturated carbocycles. The molecule has 0 aliphatic heterocycles. The van der Waals surface area contributed by atoms with Gasteiger partial charge in [-0.1, -0.05) is 0 Å². The molecule has 0 N–H and O–H groups in total. The van der Waals surface area contributed by atoms with Gasteiger partial charge in [-0.05, 0) is 6.92 Å². The van der Waals surface area contributed by atoms with Crippen molar-refractivity contribution in [2.75, 3.05) is 0 Å². The molecule has 0 aromatic carbocycles. The van der Waals surface area contributed by atoms with Crippen molar-refractivity contribution in [2.45, 2.75) is 6.92 Å². The Morgan fingerprint density at radius 2 is 1.75 bits per heavy atom. The third-order valence-electron chi connectivity index (χ3n) is 0. The monoisotopic (exact) mass is 60.0 g/mol. The fraction of sp³-hybridized carbons (Fsp3) is 0.500. The lowest BCUT2D eigenvalue weighted by Crippen LogP contribution is -1.36. The minimum absolute atomic E-state index is 0. The van der Waals surface area contributed by atoms with Gasteiger partial charge < -0.3 is 4.79 Å². The number of rotatable bonds is 0. The molecule has 0 atom stereocenters. The van der Waals surface area contributed by atoms with Crippen LogP contribution in [0.5, 0.6) is 0 Å². The molecule has 0 aliphatic carbocycles. The van der Waals surface area contributed by atoms with E-state index in [1.807, 2.05) is 0 Å². The highest BCUT2D eigenvalue weighted by Gasteiger charge is 1.24. The Bertz CT molecular complexity index is 11.5. The molecule has 0 rings (SSSR count). The quantitative estimate of drug-likeness (QED) is 0.365. The van der Waals surface area contributed by atoms with Crippen LogP contribution in [0.25, 0.3) is 0 Å². The fourth-order valence-corrected chi connectivity index (χ4v) is 0.